The van der Waals surface area contributed by atoms with Crippen molar-refractivity contribution in [1.29, 1.82) is 0 Å². The van der Waals surface area contributed by atoms with Crippen LogP contribution in [0.1, 0.15) is 27.2 Å². The van der Waals surface area contributed by atoms with E-state index in [1.165, 1.54) is 6.92 Å². The quantitative estimate of drug-likeness (QED) is 0.627. The average molecular weight is 216 g/mol. The fraction of sp³-hybridized carbons (Fsp3) is 0.800. The molecule has 0 aromatic rings. The largest absolute Gasteiger partial charge is 0.481 e. The maximum absolute atomic E-state index is 11.2. The third kappa shape index (κ3) is 1.33. The minimum Gasteiger partial charge on any atom is -0.481 e. The summed E-state index contributed by atoms with van der Waals surface area (Å²) in [5.41, 5.74) is -2.37. The van der Waals surface area contributed by atoms with Crippen molar-refractivity contribution in [3.8, 4) is 0 Å². The summed E-state index contributed by atoms with van der Waals surface area (Å²) in [5.74, 6) is -3.03. The highest BCUT2D eigenvalue weighted by molar-refractivity contribution is 5.81. The highest BCUT2D eigenvalue weighted by Crippen LogP contribution is 2.56. The van der Waals surface area contributed by atoms with Crippen LogP contribution in [0.2, 0.25) is 0 Å². The molecule has 1 saturated carbocycles. The second kappa shape index (κ2) is 3.20. The first-order valence-corrected chi connectivity index (χ1v) is 4.80. The number of hydrogen-bond donors (Lipinski definition) is 3. The minimum atomic E-state index is -1.41. The van der Waals surface area contributed by atoms with Crippen LogP contribution < -0.4 is 0 Å². The van der Waals surface area contributed by atoms with E-state index in [1.54, 1.807) is 13.8 Å². The van der Waals surface area contributed by atoms with E-state index in [-0.39, 0.29) is 6.42 Å². The Balaban J connectivity index is 3.22. The molecule has 0 spiro atoms. The monoisotopic (exact) mass is 216 g/mol. The van der Waals surface area contributed by atoms with E-state index in [1.807, 2.05) is 0 Å². The predicted octanol–water partition coefficient (Wildman–Crippen LogP) is 0.569. The third-order valence-corrected chi connectivity index (χ3v) is 4.08. The Bertz CT molecular complexity index is 309. The van der Waals surface area contributed by atoms with Crippen molar-refractivity contribution in [3.63, 3.8) is 0 Å². The lowest BCUT2D eigenvalue weighted by Gasteiger charge is -2.37. The summed E-state index contributed by atoms with van der Waals surface area (Å²) in [4.78, 5) is 22.1. The molecule has 3 unspecified atom stereocenters. The van der Waals surface area contributed by atoms with Crippen molar-refractivity contribution in [3.05, 3.63) is 0 Å². The van der Waals surface area contributed by atoms with Gasteiger partial charge in [-0.3, -0.25) is 9.59 Å². The van der Waals surface area contributed by atoms with Crippen molar-refractivity contribution >= 4 is 11.9 Å². The first-order valence-electron chi connectivity index (χ1n) is 4.80. The van der Waals surface area contributed by atoms with Gasteiger partial charge in [-0.05, 0) is 18.8 Å². The molecule has 0 amide bonds. The molecule has 0 aromatic carbocycles. The van der Waals surface area contributed by atoms with Gasteiger partial charge in [0.1, 0.15) is 0 Å². The van der Waals surface area contributed by atoms with Gasteiger partial charge in [0.25, 0.3) is 0 Å². The molecule has 0 aliphatic heterocycles. The molecular formula is C10H16O5. The molecule has 0 bridgehead atoms. The number of carboxylic acid groups (broad SMARTS) is 2. The molecule has 5 heteroatoms. The van der Waals surface area contributed by atoms with E-state index < -0.39 is 34.8 Å². The topological polar surface area (TPSA) is 94.8 Å². The van der Waals surface area contributed by atoms with Crippen molar-refractivity contribution < 1.29 is 24.9 Å². The maximum atomic E-state index is 11.2. The molecule has 15 heavy (non-hydrogen) atoms. The fourth-order valence-electron chi connectivity index (χ4n) is 2.37. The smallest absolute Gasteiger partial charge is 0.312 e. The summed E-state index contributed by atoms with van der Waals surface area (Å²) in [5, 5.41) is 27.8. The SMILES string of the molecule is CC1(C)C(C(=O)O)CC(O)C1(C)C(=O)O. The fourth-order valence-corrected chi connectivity index (χ4v) is 2.37. The standard InChI is InChI=1S/C10H16O5/c1-9(2)5(7(12)13)4-6(11)10(9,3)8(14)15/h5-6,11H,4H2,1-3H3,(H,12,13)(H,14,15). The van der Waals surface area contributed by atoms with Crippen LogP contribution >= 0.6 is 0 Å². The van der Waals surface area contributed by atoms with Crippen LogP contribution in [0.4, 0.5) is 0 Å². The third-order valence-electron chi connectivity index (χ3n) is 4.08. The van der Waals surface area contributed by atoms with E-state index in [0.717, 1.165) is 0 Å². The lowest BCUT2D eigenvalue weighted by atomic mass is 9.65. The van der Waals surface area contributed by atoms with Gasteiger partial charge in [-0.2, -0.15) is 0 Å². The van der Waals surface area contributed by atoms with Gasteiger partial charge < -0.3 is 15.3 Å². The van der Waals surface area contributed by atoms with Crippen LogP contribution in [0.5, 0.6) is 0 Å². The number of carbonyl (C=O) groups is 2. The summed E-state index contributed by atoms with van der Waals surface area (Å²) in [6.07, 6.45) is -1.13. The molecule has 0 saturated heterocycles. The highest BCUT2D eigenvalue weighted by Gasteiger charge is 2.63. The molecule has 86 valence electrons. The summed E-state index contributed by atoms with van der Waals surface area (Å²) in [7, 11) is 0. The molecule has 0 radical (unpaired) electrons. The molecular weight excluding hydrogens is 200 g/mol. The van der Waals surface area contributed by atoms with Crippen molar-refractivity contribution in [2.75, 3.05) is 0 Å². The van der Waals surface area contributed by atoms with Gasteiger partial charge in [-0.1, -0.05) is 13.8 Å². The van der Waals surface area contributed by atoms with Gasteiger partial charge in [0.05, 0.1) is 17.4 Å². The molecule has 3 N–H and O–H groups in total. The second-order valence-corrected chi connectivity index (χ2v) is 4.87. The maximum Gasteiger partial charge on any atom is 0.312 e. The molecule has 1 aliphatic carbocycles. The van der Waals surface area contributed by atoms with Crippen molar-refractivity contribution in [2.45, 2.75) is 33.3 Å². The van der Waals surface area contributed by atoms with E-state index in [9.17, 15) is 14.7 Å². The molecule has 1 aliphatic rings. The average Bonchev–Trinajstić information content (AvgIpc) is 2.26. The molecule has 1 fully saturated rings. The minimum absolute atomic E-state index is 0.00880. The van der Waals surface area contributed by atoms with Gasteiger partial charge in [0, 0.05) is 0 Å². The summed E-state index contributed by atoms with van der Waals surface area (Å²) in [6.45, 7) is 4.56. The zero-order valence-electron chi connectivity index (χ0n) is 9.02. The van der Waals surface area contributed by atoms with Crippen LogP contribution in [0.3, 0.4) is 0 Å². The second-order valence-electron chi connectivity index (χ2n) is 4.87. The molecule has 1 rings (SSSR count). The number of rotatable bonds is 2. The Labute approximate surface area is 87.7 Å². The van der Waals surface area contributed by atoms with Crippen LogP contribution in [0, 0.1) is 16.7 Å². The first-order chi connectivity index (χ1) is 6.65. The van der Waals surface area contributed by atoms with Gasteiger partial charge >= 0.3 is 11.9 Å². The number of carboxylic acids is 2. The summed E-state index contributed by atoms with van der Waals surface area (Å²) < 4.78 is 0. The zero-order valence-corrected chi connectivity index (χ0v) is 9.02. The Morgan fingerprint density at radius 1 is 1.20 bits per heavy atom. The number of hydrogen-bond acceptors (Lipinski definition) is 3. The van der Waals surface area contributed by atoms with Gasteiger partial charge in [0.2, 0.25) is 0 Å². The summed E-state index contributed by atoms with van der Waals surface area (Å²) in [6, 6.07) is 0. The van der Waals surface area contributed by atoms with Crippen LogP contribution in [0.15, 0.2) is 0 Å². The van der Waals surface area contributed by atoms with E-state index in [0.29, 0.717) is 0 Å². The number of aliphatic carboxylic acids is 2. The van der Waals surface area contributed by atoms with Crippen molar-refractivity contribution in [1.82, 2.24) is 0 Å². The van der Waals surface area contributed by atoms with Gasteiger partial charge in [0.15, 0.2) is 0 Å². The molecule has 0 heterocycles. The normalized spacial score (nSPS) is 38.9. The molecule has 3 atom stereocenters. The van der Waals surface area contributed by atoms with Crippen molar-refractivity contribution in [2.24, 2.45) is 16.7 Å². The Morgan fingerprint density at radius 2 is 1.67 bits per heavy atom. The molecule has 0 aromatic heterocycles. The summed E-state index contributed by atoms with van der Waals surface area (Å²) >= 11 is 0. The zero-order chi connectivity index (χ0) is 12.0. The van der Waals surface area contributed by atoms with E-state index in [2.05, 4.69) is 0 Å². The number of aliphatic hydroxyl groups excluding tert-OH is 1. The lowest BCUT2D eigenvalue weighted by Crippen LogP contribution is -2.47. The lowest BCUT2D eigenvalue weighted by molar-refractivity contribution is -0.163. The highest BCUT2D eigenvalue weighted by atomic mass is 16.4. The predicted molar refractivity (Wildman–Crippen MR) is 51.3 cm³/mol. The van der Waals surface area contributed by atoms with E-state index >= 15 is 0 Å². The molecule has 5 nitrogen and oxygen atoms in total. The van der Waals surface area contributed by atoms with Gasteiger partial charge in [-0.15, -0.1) is 0 Å². The number of aliphatic hydroxyl groups is 1. The van der Waals surface area contributed by atoms with Gasteiger partial charge in [-0.25, -0.2) is 0 Å². The first kappa shape index (κ1) is 12.0. The van der Waals surface area contributed by atoms with Crippen LogP contribution in [-0.2, 0) is 9.59 Å². The Morgan fingerprint density at radius 3 is 1.87 bits per heavy atom. The van der Waals surface area contributed by atoms with Crippen LogP contribution in [-0.4, -0.2) is 33.4 Å². The Hall–Kier alpha value is -1.10. The van der Waals surface area contributed by atoms with Crippen LogP contribution in [0.25, 0.3) is 0 Å². The Kier molecular flexibility index (Phi) is 2.55. The van der Waals surface area contributed by atoms with E-state index in [4.69, 9.17) is 10.2 Å².